The molecule has 1 aliphatic rings. The van der Waals surface area contributed by atoms with Crippen molar-refractivity contribution in [2.75, 3.05) is 25.1 Å². The van der Waals surface area contributed by atoms with E-state index in [4.69, 9.17) is 5.73 Å². The molecule has 0 spiro atoms. The van der Waals surface area contributed by atoms with Gasteiger partial charge in [-0.05, 0) is 37.8 Å². The zero-order valence-corrected chi connectivity index (χ0v) is 13.2. The number of nitrogens with two attached hydrogens (primary N) is 1. The third-order valence-corrected chi connectivity index (χ3v) is 5.75. The predicted octanol–water partition coefficient (Wildman–Crippen LogP) is 1.23. The van der Waals surface area contributed by atoms with Crippen molar-refractivity contribution in [1.82, 2.24) is 4.31 Å². The Bertz CT molecular complexity index is 593. The molecule has 21 heavy (non-hydrogen) atoms. The molecule has 0 bridgehead atoms. The van der Waals surface area contributed by atoms with Crippen LogP contribution in [0.1, 0.15) is 25.7 Å². The van der Waals surface area contributed by atoms with Gasteiger partial charge in [0.1, 0.15) is 4.90 Å². The number of para-hydroxylation sites is 1. The Morgan fingerprint density at radius 1 is 1.24 bits per heavy atom. The number of aliphatic hydroxyl groups excluding tert-OH is 1. The number of nitrogen functional groups attached to an aromatic ring is 1. The van der Waals surface area contributed by atoms with E-state index in [1.54, 1.807) is 12.1 Å². The van der Waals surface area contributed by atoms with Crippen molar-refractivity contribution < 1.29 is 13.5 Å². The van der Waals surface area contributed by atoms with Crippen molar-refractivity contribution in [3.05, 3.63) is 18.2 Å². The lowest BCUT2D eigenvalue weighted by Crippen LogP contribution is -2.29. The second-order valence-corrected chi connectivity index (χ2v) is 7.77. The largest absolute Gasteiger partial charge is 0.396 e. The van der Waals surface area contributed by atoms with E-state index in [1.807, 2.05) is 0 Å². The number of aliphatic hydroxyl groups is 1. The van der Waals surface area contributed by atoms with E-state index < -0.39 is 10.0 Å². The van der Waals surface area contributed by atoms with Crippen LogP contribution in [0.5, 0.6) is 0 Å². The van der Waals surface area contributed by atoms with Crippen LogP contribution >= 0.6 is 0 Å². The minimum absolute atomic E-state index is 0.119. The van der Waals surface area contributed by atoms with Gasteiger partial charge in [-0.25, -0.2) is 12.7 Å². The molecule has 1 aromatic carbocycles. The fraction of sp³-hybridized carbons (Fsp3) is 0.571. The van der Waals surface area contributed by atoms with Crippen LogP contribution in [0.25, 0.3) is 0 Å². The maximum atomic E-state index is 12.2. The third kappa shape index (κ3) is 3.48. The number of anilines is 2. The molecule has 0 heterocycles. The molecule has 118 valence electrons. The van der Waals surface area contributed by atoms with Gasteiger partial charge in [0, 0.05) is 20.1 Å². The minimum atomic E-state index is -3.55. The van der Waals surface area contributed by atoms with Gasteiger partial charge in [0.25, 0.3) is 0 Å². The van der Waals surface area contributed by atoms with Crippen LogP contribution < -0.4 is 11.1 Å². The molecule has 0 saturated heterocycles. The highest BCUT2D eigenvalue weighted by Crippen LogP contribution is 2.30. The topological polar surface area (TPSA) is 95.7 Å². The van der Waals surface area contributed by atoms with Crippen molar-refractivity contribution >= 4 is 21.4 Å². The summed E-state index contributed by atoms with van der Waals surface area (Å²) < 4.78 is 25.6. The summed E-state index contributed by atoms with van der Waals surface area (Å²) in [6, 6.07) is 5.20. The first-order valence-electron chi connectivity index (χ1n) is 7.08. The van der Waals surface area contributed by atoms with E-state index in [9.17, 15) is 13.5 Å². The Kier molecular flexibility index (Phi) is 4.75. The number of nitrogens with zero attached hydrogens (tertiary/aromatic N) is 1. The molecule has 0 unspecified atom stereocenters. The van der Waals surface area contributed by atoms with Gasteiger partial charge in [-0.1, -0.05) is 6.07 Å². The van der Waals surface area contributed by atoms with Gasteiger partial charge in [-0.15, -0.1) is 0 Å². The second kappa shape index (κ2) is 6.21. The Morgan fingerprint density at radius 3 is 2.43 bits per heavy atom. The lowest BCUT2D eigenvalue weighted by atomic mass is 9.93. The highest BCUT2D eigenvalue weighted by atomic mass is 32.2. The molecular formula is C14H23N3O3S. The number of benzene rings is 1. The summed E-state index contributed by atoms with van der Waals surface area (Å²) >= 11 is 0. The van der Waals surface area contributed by atoms with Gasteiger partial charge in [-0.2, -0.15) is 0 Å². The summed E-state index contributed by atoms with van der Waals surface area (Å²) in [6.45, 7) is 0. The van der Waals surface area contributed by atoms with Gasteiger partial charge in [0.2, 0.25) is 10.0 Å². The Hall–Kier alpha value is -1.31. The van der Waals surface area contributed by atoms with Gasteiger partial charge in [-0.3, -0.25) is 0 Å². The molecule has 0 atom stereocenters. The number of hydrogen-bond acceptors (Lipinski definition) is 5. The van der Waals surface area contributed by atoms with Crippen molar-refractivity contribution in [2.45, 2.75) is 42.7 Å². The van der Waals surface area contributed by atoms with E-state index in [-0.39, 0.29) is 22.7 Å². The smallest absolute Gasteiger partial charge is 0.244 e. The number of nitrogens with one attached hydrogen (secondary N) is 1. The van der Waals surface area contributed by atoms with Crippen LogP contribution in [-0.2, 0) is 10.0 Å². The summed E-state index contributed by atoms with van der Waals surface area (Å²) in [4.78, 5) is 0.119. The SMILES string of the molecule is CN(C)S(=O)(=O)c1cccc(NC2CCC(O)CC2)c1N. The highest BCUT2D eigenvalue weighted by Gasteiger charge is 2.24. The van der Waals surface area contributed by atoms with Crippen LogP contribution in [0.4, 0.5) is 11.4 Å². The van der Waals surface area contributed by atoms with Crippen LogP contribution in [0, 0.1) is 0 Å². The monoisotopic (exact) mass is 313 g/mol. The zero-order valence-electron chi connectivity index (χ0n) is 12.4. The number of rotatable bonds is 4. The molecule has 0 aromatic heterocycles. The van der Waals surface area contributed by atoms with Gasteiger partial charge >= 0.3 is 0 Å². The van der Waals surface area contributed by atoms with Crippen molar-refractivity contribution in [2.24, 2.45) is 0 Å². The van der Waals surface area contributed by atoms with Gasteiger partial charge in [0.15, 0.2) is 0 Å². The van der Waals surface area contributed by atoms with Crippen LogP contribution in [0.3, 0.4) is 0 Å². The first-order chi connectivity index (χ1) is 9.82. The minimum Gasteiger partial charge on any atom is -0.396 e. The van der Waals surface area contributed by atoms with Crippen LogP contribution in [-0.4, -0.2) is 44.1 Å². The molecule has 1 fully saturated rings. The van der Waals surface area contributed by atoms with Crippen molar-refractivity contribution in [3.63, 3.8) is 0 Å². The molecule has 0 aliphatic heterocycles. The summed E-state index contributed by atoms with van der Waals surface area (Å²) in [7, 11) is -0.584. The average Bonchev–Trinajstić information content (AvgIpc) is 2.43. The van der Waals surface area contributed by atoms with E-state index in [0.717, 1.165) is 30.0 Å². The molecule has 6 nitrogen and oxygen atoms in total. The fourth-order valence-electron chi connectivity index (χ4n) is 2.53. The Morgan fingerprint density at radius 2 is 1.86 bits per heavy atom. The lowest BCUT2D eigenvalue weighted by Gasteiger charge is -2.28. The van der Waals surface area contributed by atoms with Crippen LogP contribution in [0.15, 0.2) is 23.1 Å². The molecule has 1 saturated carbocycles. The Balaban J connectivity index is 2.22. The van der Waals surface area contributed by atoms with E-state index >= 15 is 0 Å². The number of hydrogen-bond donors (Lipinski definition) is 3. The molecule has 2 rings (SSSR count). The summed E-state index contributed by atoms with van der Waals surface area (Å²) in [5.74, 6) is 0. The maximum Gasteiger partial charge on any atom is 0.244 e. The molecule has 7 heteroatoms. The third-order valence-electron chi connectivity index (χ3n) is 3.88. The first kappa shape index (κ1) is 16.1. The van der Waals surface area contributed by atoms with E-state index in [1.165, 1.54) is 20.2 Å². The fourth-order valence-corrected chi connectivity index (χ4v) is 3.56. The van der Waals surface area contributed by atoms with Gasteiger partial charge < -0.3 is 16.2 Å². The molecule has 1 aromatic rings. The molecule has 1 aliphatic carbocycles. The zero-order chi connectivity index (χ0) is 15.6. The highest BCUT2D eigenvalue weighted by molar-refractivity contribution is 7.89. The summed E-state index contributed by atoms with van der Waals surface area (Å²) in [6.07, 6.45) is 3.00. The number of sulfonamides is 1. The van der Waals surface area contributed by atoms with Crippen molar-refractivity contribution in [1.29, 1.82) is 0 Å². The van der Waals surface area contributed by atoms with E-state index in [0.29, 0.717) is 5.69 Å². The van der Waals surface area contributed by atoms with Crippen LogP contribution in [0.2, 0.25) is 0 Å². The average molecular weight is 313 g/mol. The standard InChI is InChI=1S/C14H23N3O3S/c1-17(2)21(19,20)13-5-3-4-12(14(13)15)16-10-6-8-11(18)9-7-10/h3-5,10-11,16,18H,6-9,15H2,1-2H3. The molecule has 0 radical (unpaired) electrons. The first-order valence-corrected chi connectivity index (χ1v) is 8.52. The van der Waals surface area contributed by atoms with Crippen molar-refractivity contribution in [3.8, 4) is 0 Å². The normalized spacial score (nSPS) is 23.2. The van der Waals surface area contributed by atoms with Gasteiger partial charge in [0.05, 0.1) is 17.5 Å². The maximum absolute atomic E-state index is 12.2. The second-order valence-electron chi connectivity index (χ2n) is 5.65. The van der Waals surface area contributed by atoms with E-state index in [2.05, 4.69) is 5.32 Å². The quantitative estimate of drug-likeness (QED) is 0.727. The molecular weight excluding hydrogens is 290 g/mol. The Labute approximate surface area is 126 Å². The lowest BCUT2D eigenvalue weighted by molar-refractivity contribution is 0.126. The molecule has 0 amide bonds. The summed E-state index contributed by atoms with van der Waals surface area (Å²) in [5.41, 5.74) is 6.92. The predicted molar refractivity (Wildman–Crippen MR) is 83.6 cm³/mol. The summed E-state index contributed by atoms with van der Waals surface area (Å²) in [5, 5.41) is 12.8. The molecule has 4 N–H and O–H groups in total.